The lowest BCUT2D eigenvalue weighted by atomic mass is 9.91. The van der Waals surface area contributed by atoms with Crippen LogP contribution in [0, 0.1) is 11.3 Å². The van der Waals surface area contributed by atoms with E-state index < -0.39 is 5.60 Å². The van der Waals surface area contributed by atoms with Crippen molar-refractivity contribution in [2.75, 3.05) is 19.6 Å². The van der Waals surface area contributed by atoms with E-state index in [-0.39, 0.29) is 6.42 Å². The molecule has 1 aliphatic rings. The van der Waals surface area contributed by atoms with Gasteiger partial charge >= 0.3 is 0 Å². The summed E-state index contributed by atoms with van der Waals surface area (Å²) in [6.07, 6.45) is 4.38. The van der Waals surface area contributed by atoms with Gasteiger partial charge in [0, 0.05) is 19.6 Å². The van der Waals surface area contributed by atoms with E-state index in [0.717, 1.165) is 6.54 Å². The summed E-state index contributed by atoms with van der Waals surface area (Å²) in [6, 6.07) is 12.1. The molecule has 0 atom stereocenters. The first kappa shape index (κ1) is 11.8. The van der Waals surface area contributed by atoms with E-state index in [1.165, 1.54) is 5.56 Å². The largest absolute Gasteiger partial charge is 0.386 e. The number of rotatable bonds is 4. The van der Waals surface area contributed by atoms with Gasteiger partial charge in [0.25, 0.3) is 0 Å². The van der Waals surface area contributed by atoms with Gasteiger partial charge in [0.15, 0.2) is 0 Å². The summed E-state index contributed by atoms with van der Waals surface area (Å²) in [4.78, 5) is 2.12. The van der Waals surface area contributed by atoms with Crippen LogP contribution in [0.5, 0.6) is 0 Å². The first-order valence-electron chi connectivity index (χ1n) is 5.75. The van der Waals surface area contributed by atoms with E-state index >= 15 is 0 Å². The van der Waals surface area contributed by atoms with Crippen LogP contribution in [0.3, 0.4) is 0 Å². The zero-order chi connectivity index (χ0) is 12.1. The van der Waals surface area contributed by atoms with Crippen LogP contribution in [0.25, 0.3) is 6.08 Å². The summed E-state index contributed by atoms with van der Waals surface area (Å²) >= 11 is 0. The number of hydrogen-bond donors (Lipinski definition) is 1. The minimum absolute atomic E-state index is 0.228. The van der Waals surface area contributed by atoms with Crippen LogP contribution < -0.4 is 0 Å². The molecule has 1 N–H and O–H groups in total. The summed E-state index contributed by atoms with van der Waals surface area (Å²) in [5.41, 5.74) is 0.412. The van der Waals surface area contributed by atoms with Crippen LogP contribution in [0.2, 0.25) is 0 Å². The van der Waals surface area contributed by atoms with Crippen molar-refractivity contribution in [1.29, 1.82) is 5.26 Å². The lowest BCUT2D eigenvalue weighted by Crippen LogP contribution is -2.61. The van der Waals surface area contributed by atoms with Gasteiger partial charge in [-0.1, -0.05) is 42.5 Å². The third kappa shape index (κ3) is 3.16. The van der Waals surface area contributed by atoms with E-state index in [1.54, 1.807) is 0 Å². The molecule has 1 saturated heterocycles. The fraction of sp³-hybridized carbons (Fsp3) is 0.357. The normalized spacial score (nSPS) is 18.8. The molecule has 0 radical (unpaired) electrons. The summed E-state index contributed by atoms with van der Waals surface area (Å²) in [5, 5.41) is 18.3. The van der Waals surface area contributed by atoms with Gasteiger partial charge in [-0.15, -0.1) is 0 Å². The van der Waals surface area contributed by atoms with Gasteiger partial charge in [-0.25, -0.2) is 0 Å². The Morgan fingerprint density at radius 1 is 1.35 bits per heavy atom. The van der Waals surface area contributed by atoms with Crippen LogP contribution in [-0.4, -0.2) is 35.2 Å². The first-order chi connectivity index (χ1) is 8.22. The zero-order valence-electron chi connectivity index (χ0n) is 9.71. The maximum absolute atomic E-state index is 9.81. The molecule has 3 heteroatoms. The molecule has 1 heterocycles. The number of hydrogen-bond acceptors (Lipinski definition) is 3. The predicted octanol–water partition coefficient (Wildman–Crippen LogP) is 1.66. The predicted molar refractivity (Wildman–Crippen MR) is 67.1 cm³/mol. The molecule has 0 aliphatic carbocycles. The summed E-state index contributed by atoms with van der Waals surface area (Å²) in [6.45, 7) is 2.02. The van der Waals surface area contributed by atoms with Gasteiger partial charge in [0.05, 0.1) is 12.5 Å². The molecule has 0 spiro atoms. The second-order valence-electron chi connectivity index (χ2n) is 4.54. The molecular formula is C14H16N2O. The Balaban J connectivity index is 1.75. The van der Waals surface area contributed by atoms with E-state index in [1.807, 2.05) is 24.3 Å². The SMILES string of the molecule is N#CCC1(O)CN(CC=Cc2ccccc2)C1. The molecule has 0 saturated carbocycles. The van der Waals surface area contributed by atoms with Gasteiger partial charge in [-0.3, -0.25) is 4.90 Å². The molecule has 1 aromatic carbocycles. The molecule has 0 bridgehead atoms. The van der Waals surface area contributed by atoms with Crippen molar-refractivity contribution in [3.63, 3.8) is 0 Å². The lowest BCUT2D eigenvalue weighted by Gasteiger charge is -2.44. The number of β-amino-alcohol motifs (C(OH)–C–C–N with tert-alkyl or cyclic N) is 1. The first-order valence-corrected chi connectivity index (χ1v) is 5.75. The quantitative estimate of drug-likeness (QED) is 0.852. The second kappa shape index (κ2) is 5.13. The summed E-state index contributed by atoms with van der Waals surface area (Å²) in [7, 11) is 0. The monoisotopic (exact) mass is 228 g/mol. The van der Waals surface area contributed by atoms with Crippen molar-refractivity contribution in [2.45, 2.75) is 12.0 Å². The molecule has 88 valence electrons. The highest BCUT2D eigenvalue weighted by Crippen LogP contribution is 2.23. The standard InChI is InChI=1S/C14H16N2O/c15-9-8-14(17)11-16(12-14)10-4-7-13-5-2-1-3-6-13/h1-7,17H,8,10-12H2. The highest BCUT2D eigenvalue weighted by molar-refractivity contribution is 5.48. The van der Waals surface area contributed by atoms with Crippen LogP contribution >= 0.6 is 0 Å². The summed E-state index contributed by atoms with van der Waals surface area (Å²) in [5.74, 6) is 0. The fourth-order valence-corrected chi connectivity index (χ4v) is 2.08. The second-order valence-corrected chi connectivity index (χ2v) is 4.54. The number of nitriles is 1. The van der Waals surface area contributed by atoms with Gasteiger partial charge in [0.1, 0.15) is 5.60 Å². The Kier molecular flexibility index (Phi) is 3.58. The Morgan fingerprint density at radius 3 is 2.71 bits per heavy atom. The van der Waals surface area contributed by atoms with Crippen LogP contribution in [-0.2, 0) is 0 Å². The zero-order valence-corrected chi connectivity index (χ0v) is 9.71. The van der Waals surface area contributed by atoms with E-state index in [9.17, 15) is 5.11 Å². The summed E-state index contributed by atoms with van der Waals surface area (Å²) < 4.78 is 0. The molecule has 2 rings (SSSR count). The Morgan fingerprint density at radius 2 is 2.06 bits per heavy atom. The number of benzene rings is 1. The molecule has 17 heavy (non-hydrogen) atoms. The maximum Gasteiger partial charge on any atom is 0.103 e. The Bertz CT molecular complexity index is 427. The fourth-order valence-electron chi connectivity index (χ4n) is 2.08. The van der Waals surface area contributed by atoms with Crippen molar-refractivity contribution in [1.82, 2.24) is 4.90 Å². The van der Waals surface area contributed by atoms with Crippen LogP contribution in [0.15, 0.2) is 36.4 Å². The smallest absolute Gasteiger partial charge is 0.103 e. The van der Waals surface area contributed by atoms with Crippen molar-refractivity contribution < 1.29 is 5.11 Å². The van der Waals surface area contributed by atoms with E-state index in [4.69, 9.17) is 5.26 Å². The third-order valence-electron chi connectivity index (χ3n) is 2.92. The van der Waals surface area contributed by atoms with E-state index in [2.05, 4.69) is 29.2 Å². The molecular weight excluding hydrogens is 212 g/mol. The van der Waals surface area contributed by atoms with E-state index in [0.29, 0.717) is 13.1 Å². The number of nitrogens with zero attached hydrogens (tertiary/aromatic N) is 2. The van der Waals surface area contributed by atoms with Crippen molar-refractivity contribution in [3.8, 4) is 6.07 Å². The molecule has 1 aliphatic heterocycles. The molecule has 0 aromatic heterocycles. The average molecular weight is 228 g/mol. The Labute approximate surface area is 102 Å². The molecule has 0 amide bonds. The third-order valence-corrected chi connectivity index (χ3v) is 2.92. The minimum Gasteiger partial charge on any atom is -0.386 e. The van der Waals surface area contributed by atoms with Gasteiger partial charge < -0.3 is 5.11 Å². The highest BCUT2D eigenvalue weighted by atomic mass is 16.3. The Hall–Kier alpha value is -1.63. The van der Waals surface area contributed by atoms with Gasteiger partial charge in [-0.2, -0.15) is 5.26 Å². The number of aliphatic hydroxyl groups is 1. The molecule has 1 aromatic rings. The topological polar surface area (TPSA) is 47.3 Å². The molecule has 0 unspecified atom stereocenters. The highest BCUT2D eigenvalue weighted by Gasteiger charge is 2.40. The van der Waals surface area contributed by atoms with Crippen molar-refractivity contribution in [3.05, 3.63) is 42.0 Å². The lowest BCUT2D eigenvalue weighted by molar-refractivity contribution is -0.0884. The van der Waals surface area contributed by atoms with Gasteiger partial charge in [0.2, 0.25) is 0 Å². The van der Waals surface area contributed by atoms with Crippen molar-refractivity contribution in [2.24, 2.45) is 0 Å². The van der Waals surface area contributed by atoms with Gasteiger partial charge in [-0.05, 0) is 5.56 Å². The molecule has 1 fully saturated rings. The number of likely N-dealkylation sites (tertiary alicyclic amines) is 1. The molecule has 3 nitrogen and oxygen atoms in total. The van der Waals surface area contributed by atoms with Crippen molar-refractivity contribution >= 4 is 6.08 Å². The average Bonchev–Trinajstić information content (AvgIpc) is 2.28. The minimum atomic E-state index is -0.769. The van der Waals surface area contributed by atoms with Crippen LogP contribution in [0.1, 0.15) is 12.0 Å². The maximum atomic E-state index is 9.81. The van der Waals surface area contributed by atoms with Crippen LogP contribution in [0.4, 0.5) is 0 Å².